The third-order valence-corrected chi connectivity index (χ3v) is 3.16. The lowest BCUT2D eigenvalue weighted by Crippen LogP contribution is -1.95. The molecular formula is C12H8BrN3O2. The van der Waals surface area contributed by atoms with E-state index in [0.717, 1.165) is 21.1 Å². The molecule has 0 unspecified atom stereocenters. The highest BCUT2D eigenvalue weighted by Gasteiger charge is 2.11. The second-order valence-electron chi connectivity index (χ2n) is 3.89. The van der Waals surface area contributed by atoms with E-state index < -0.39 is 5.97 Å². The maximum Gasteiger partial charge on any atom is 0.353 e. The fourth-order valence-corrected chi connectivity index (χ4v) is 2.17. The molecule has 0 atom stereocenters. The Morgan fingerprint density at radius 3 is 2.83 bits per heavy atom. The number of rotatable bonds is 2. The number of nitrogens with zero attached hydrogens (tertiary/aromatic N) is 1. The molecule has 0 saturated carbocycles. The van der Waals surface area contributed by atoms with Crippen LogP contribution in [0.15, 0.2) is 34.8 Å². The van der Waals surface area contributed by atoms with Crippen molar-refractivity contribution in [1.29, 1.82) is 0 Å². The molecule has 6 heteroatoms. The highest BCUT2D eigenvalue weighted by molar-refractivity contribution is 9.10. The number of fused-ring (bicyclic) bond motifs is 1. The number of H-pyrrole nitrogens is 2. The normalized spacial score (nSPS) is 10.9. The average molecular weight is 306 g/mol. The Hall–Kier alpha value is -2.08. The van der Waals surface area contributed by atoms with Crippen LogP contribution in [0.25, 0.3) is 22.3 Å². The lowest BCUT2D eigenvalue weighted by molar-refractivity contribution is 0.0690. The van der Waals surface area contributed by atoms with Crippen LogP contribution in [0.4, 0.5) is 0 Å². The van der Waals surface area contributed by atoms with Crippen LogP contribution in [-0.2, 0) is 0 Å². The van der Waals surface area contributed by atoms with Gasteiger partial charge in [-0.15, -0.1) is 0 Å². The van der Waals surface area contributed by atoms with Crippen LogP contribution in [0, 0.1) is 0 Å². The van der Waals surface area contributed by atoms with E-state index in [9.17, 15) is 4.79 Å². The van der Waals surface area contributed by atoms with Crippen molar-refractivity contribution < 1.29 is 9.90 Å². The van der Waals surface area contributed by atoms with Crippen molar-refractivity contribution in [2.24, 2.45) is 0 Å². The van der Waals surface area contributed by atoms with E-state index in [2.05, 4.69) is 31.1 Å². The summed E-state index contributed by atoms with van der Waals surface area (Å²) in [5.74, 6) is -1.02. The molecule has 0 aliphatic rings. The molecule has 2 aromatic heterocycles. The second-order valence-corrected chi connectivity index (χ2v) is 4.80. The van der Waals surface area contributed by atoms with Gasteiger partial charge in [0.05, 0.1) is 5.69 Å². The molecule has 0 spiro atoms. The summed E-state index contributed by atoms with van der Waals surface area (Å²) in [6, 6.07) is 9.33. The summed E-state index contributed by atoms with van der Waals surface area (Å²) in [4.78, 5) is 14.0. The molecule has 0 amide bonds. The summed E-state index contributed by atoms with van der Waals surface area (Å²) in [6.45, 7) is 0. The van der Waals surface area contributed by atoms with E-state index >= 15 is 0 Å². The summed E-state index contributed by atoms with van der Waals surface area (Å²) in [6.07, 6.45) is 0. The van der Waals surface area contributed by atoms with Crippen molar-refractivity contribution in [2.75, 3.05) is 0 Å². The zero-order valence-corrected chi connectivity index (χ0v) is 10.7. The van der Waals surface area contributed by atoms with Crippen molar-refractivity contribution >= 4 is 32.8 Å². The van der Waals surface area contributed by atoms with Crippen LogP contribution in [0.2, 0.25) is 0 Å². The van der Waals surface area contributed by atoms with E-state index in [4.69, 9.17) is 5.11 Å². The Bertz CT molecular complexity index is 745. The van der Waals surface area contributed by atoms with Gasteiger partial charge in [-0.25, -0.2) is 4.79 Å². The molecule has 3 rings (SSSR count). The van der Waals surface area contributed by atoms with Crippen LogP contribution in [0.5, 0.6) is 0 Å². The number of aromatic amines is 2. The van der Waals surface area contributed by atoms with E-state index in [1.54, 1.807) is 0 Å². The predicted molar refractivity (Wildman–Crippen MR) is 70.5 cm³/mol. The first-order valence-corrected chi connectivity index (χ1v) is 6.00. The number of carbonyl (C=O) groups is 1. The number of benzene rings is 1. The van der Waals surface area contributed by atoms with Gasteiger partial charge in [0.25, 0.3) is 0 Å². The fourth-order valence-electron chi connectivity index (χ4n) is 1.81. The molecule has 2 heterocycles. The van der Waals surface area contributed by atoms with Crippen molar-refractivity contribution in [3.8, 4) is 11.4 Å². The van der Waals surface area contributed by atoms with Gasteiger partial charge in [0.1, 0.15) is 11.4 Å². The van der Waals surface area contributed by atoms with Crippen LogP contribution >= 0.6 is 15.9 Å². The number of carboxylic acid groups (broad SMARTS) is 1. The zero-order chi connectivity index (χ0) is 12.7. The molecular weight excluding hydrogens is 298 g/mol. The average Bonchev–Trinajstić information content (AvgIpc) is 2.93. The first-order valence-electron chi connectivity index (χ1n) is 5.21. The zero-order valence-electron chi connectivity index (χ0n) is 9.07. The minimum Gasteiger partial charge on any atom is -0.477 e. The number of nitrogens with one attached hydrogen (secondary N) is 2. The first kappa shape index (κ1) is 11.0. The van der Waals surface area contributed by atoms with Crippen LogP contribution in [0.1, 0.15) is 10.5 Å². The molecule has 0 fully saturated rings. The van der Waals surface area contributed by atoms with Gasteiger partial charge in [0.2, 0.25) is 0 Å². The Morgan fingerprint density at radius 1 is 1.28 bits per heavy atom. The van der Waals surface area contributed by atoms with Crippen LogP contribution < -0.4 is 0 Å². The Morgan fingerprint density at radius 2 is 2.11 bits per heavy atom. The minimum atomic E-state index is -1.02. The fraction of sp³-hybridized carbons (Fsp3) is 0. The molecule has 90 valence electrons. The van der Waals surface area contributed by atoms with Gasteiger partial charge in [-0.2, -0.15) is 5.10 Å². The molecule has 5 nitrogen and oxygen atoms in total. The number of carboxylic acids is 1. The third-order valence-electron chi connectivity index (χ3n) is 2.67. The van der Waals surface area contributed by atoms with E-state index in [0.29, 0.717) is 5.69 Å². The maximum atomic E-state index is 10.8. The Balaban J connectivity index is 2.10. The van der Waals surface area contributed by atoms with Crippen molar-refractivity contribution in [3.63, 3.8) is 0 Å². The standard InChI is InChI=1S/C12H8BrN3O2/c13-7-2-1-6-3-9(14-8(6)4-7)10-5-11(12(17)18)16-15-10/h1-5,14H,(H,15,16)(H,17,18). The van der Waals surface area contributed by atoms with Gasteiger partial charge in [0.15, 0.2) is 0 Å². The van der Waals surface area contributed by atoms with Crippen molar-refractivity contribution in [1.82, 2.24) is 15.2 Å². The van der Waals surface area contributed by atoms with E-state index in [-0.39, 0.29) is 5.69 Å². The minimum absolute atomic E-state index is 0.0739. The molecule has 0 aliphatic carbocycles. The van der Waals surface area contributed by atoms with Gasteiger partial charge >= 0.3 is 5.97 Å². The summed E-state index contributed by atoms with van der Waals surface area (Å²) >= 11 is 3.40. The smallest absolute Gasteiger partial charge is 0.353 e. The molecule has 18 heavy (non-hydrogen) atoms. The Labute approximate surface area is 110 Å². The van der Waals surface area contributed by atoms with Crippen molar-refractivity contribution in [2.45, 2.75) is 0 Å². The maximum absolute atomic E-state index is 10.8. The number of hydrogen-bond donors (Lipinski definition) is 3. The molecule has 0 bridgehead atoms. The molecule has 3 aromatic rings. The quantitative estimate of drug-likeness (QED) is 0.680. The third kappa shape index (κ3) is 1.80. The topological polar surface area (TPSA) is 81.8 Å². The summed E-state index contributed by atoms with van der Waals surface area (Å²) < 4.78 is 0.983. The van der Waals surface area contributed by atoms with Gasteiger partial charge in [0, 0.05) is 21.4 Å². The number of aromatic carboxylic acids is 1. The first-order chi connectivity index (χ1) is 8.63. The SMILES string of the molecule is O=C(O)c1cc(-c2cc3ccc(Br)cc3[nH]2)n[nH]1. The summed E-state index contributed by atoms with van der Waals surface area (Å²) in [7, 11) is 0. The van der Waals surface area contributed by atoms with E-state index in [1.807, 2.05) is 24.3 Å². The molecule has 0 radical (unpaired) electrons. The predicted octanol–water partition coefficient (Wildman–Crippen LogP) is 3.02. The Kier molecular flexibility index (Phi) is 2.45. The summed E-state index contributed by atoms with van der Waals surface area (Å²) in [5, 5.41) is 16.3. The highest BCUT2D eigenvalue weighted by atomic mass is 79.9. The molecule has 1 aromatic carbocycles. The van der Waals surface area contributed by atoms with Crippen LogP contribution in [0.3, 0.4) is 0 Å². The number of hydrogen-bond acceptors (Lipinski definition) is 2. The summed E-state index contributed by atoms with van der Waals surface area (Å²) in [5.41, 5.74) is 2.41. The molecule has 0 saturated heterocycles. The lowest BCUT2D eigenvalue weighted by atomic mass is 10.2. The molecule has 3 N–H and O–H groups in total. The van der Waals surface area contributed by atoms with Gasteiger partial charge in [-0.1, -0.05) is 22.0 Å². The van der Waals surface area contributed by atoms with Crippen molar-refractivity contribution in [3.05, 3.63) is 40.5 Å². The van der Waals surface area contributed by atoms with Gasteiger partial charge in [-0.3, -0.25) is 5.10 Å². The second kappa shape index (κ2) is 3.99. The van der Waals surface area contributed by atoms with Crippen LogP contribution in [-0.4, -0.2) is 26.3 Å². The van der Waals surface area contributed by atoms with E-state index in [1.165, 1.54) is 6.07 Å². The largest absolute Gasteiger partial charge is 0.477 e. The molecule has 0 aliphatic heterocycles. The monoisotopic (exact) mass is 305 g/mol. The van der Waals surface area contributed by atoms with Gasteiger partial charge < -0.3 is 10.1 Å². The number of aromatic nitrogens is 3. The number of halogens is 1. The lowest BCUT2D eigenvalue weighted by Gasteiger charge is -1.90. The van der Waals surface area contributed by atoms with Gasteiger partial charge in [-0.05, 0) is 18.2 Å². The highest BCUT2D eigenvalue weighted by Crippen LogP contribution is 2.25.